The van der Waals surface area contributed by atoms with Crippen molar-refractivity contribution in [3.63, 3.8) is 0 Å². The van der Waals surface area contributed by atoms with E-state index in [4.69, 9.17) is 10.00 Å². The first kappa shape index (κ1) is 28.9. The molecule has 0 aromatic heterocycles. The van der Waals surface area contributed by atoms with Gasteiger partial charge in [-0.1, -0.05) is 26.8 Å². The highest BCUT2D eigenvalue weighted by Gasteiger charge is 2.55. The second-order valence-corrected chi connectivity index (χ2v) is 11.6. The Morgan fingerprint density at radius 1 is 1.35 bits per heavy atom. The summed E-state index contributed by atoms with van der Waals surface area (Å²) in [5.74, 6) is -0.535. The number of nitrogens with one attached hydrogen (secondary N) is 1. The topological polar surface area (TPSA) is 82.4 Å². The van der Waals surface area contributed by atoms with E-state index in [-0.39, 0.29) is 18.3 Å². The Kier molecular flexibility index (Phi) is 8.89. The number of nitriles is 1. The molecule has 1 fully saturated rings. The summed E-state index contributed by atoms with van der Waals surface area (Å²) in [6.45, 7) is 14.1. The van der Waals surface area contributed by atoms with Gasteiger partial charge in [0.05, 0.1) is 16.0 Å². The zero-order valence-electron chi connectivity index (χ0n) is 22.5. The number of benzene rings is 1. The molecule has 2 aliphatic rings. The maximum atomic E-state index is 15.9. The van der Waals surface area contributed by atoms with Gasteiger partial charge in [0.2, 0.25) is 5.91 Å². The summed E-state index contributed by atoms with van der Waals surface area (Å²) in [5, 5.41) is 12.1. The Balaban J connectivity index is 2.21. The zero-order valence-corrected chi connectivity index (χ0v) is 24.1. The third kappa shape index (κ3) is 5.77. The molecular weight excluding hydrogens is 537 g/mol. The van der Waals surface area contributed by atoms with Crippen molar-refractivity contribution in [2.45, 2.75) is 85.2 Å². The molecule has 1 atom stereocenters. The molecule has 2 aliphatic heterocycles. The Labute approximate surface area is 228 Å². The molecule has 37 heavy (non-hydrogen) atoms. The number of hydrogen-bond acceptors (Lipinski definition) is 4. The molecule has 1 aromatic rings. The number of allylic oxidation sites excluding steroid dienone is 1. The summed E-state index contributed by atoms with van der Waals surface area (Å²) in [4.78, 5) is 28.2. The van der Waals surface area contributed by atoms with Crippen LogP contribution < -0.4 is 5.32 Å². The van der Waals surface area contributed by atoms with E-state index in [1.807, 2.05) is 40.7 Å². The fraction of sp³-hybridized carbons (Fsp3) is 0.552. The van der Waals surface area contributed by atoms with E-state index in [0.29, 0.717) is 71.9 Å². The molecule has 2 heterocycles. The third-order valence-electron chi connectivity index (χ3n) is 6.99. The van der Waals surface area contributed by atoms with Gasteiger partial charge in [0, 0.05) is 30.8 Å². The van der Waals surface area contributed by atoms with Crippen LogP contribution in [0.3, 0.4) is 0 Å². The third-order valence-corrected chi connectivity index (χ3v) is 7.85. The van der Waals surface area contributed by atoms with Crippen LogP contribution in [0.25, 0.3) is 5.57 Å². The molecule has 0 saturated carbocycles. The minimum atomic E-state index is -1.03. The number of unbranched alkanes of at least 4 members (excludes halogenated alkanes) is 1. The predicted octanol–water partition coefficient (Wildman–Crippen LogP) is 6.82. The van der Waals surface area contributed by atoms with E-state index >= 15 is 4.39 Å². The Morgan fingerprint density at radius 3 is 2.65 bits per heavy atom. The second-order valence-electron chi connectivity index (χ2n) is 10.8. The van der Waals surface area contributed by atoms with Crippen molar-refractivity contribution >= 4 is 33.5 Å². The summed E-state index contributed by atoms with van der Waals surface area (Å²) in [6, 6.07) is 4.11. The largest absolute Gasteiger partial charge is 0.444 e. The Bertz CT molecular complexity index is 1180. The molecule has 2 amide bonds. The number of likely N-dealkylation sites (tertiary alicyclic amines) is 1. The van der Waals surface area contributed by atoms with E-state index in [2.05, 4.69) is 33.9 Å². The van der Waals surface area contributed by atoms with Gasteiger partial charge in [-0.25, -0.2) is 9.18 Å². The fourth-order valence-corrected chi connectivity index (χ4v) is 5.69. The van der Waals surface area contributed by atoms with E-state index in [0.717, 1.165) is 17.6 Å². The van der Waals surface area contributed by atoms with Crippen molar-refractivity contribution in [2.75, 3.05) is 13.1 Å². The summed E-state index contributed by atoms with van der Waals surface area (Å²) >= 11 is 3.45. The highest BCUT2D eigenvalue weighted by atomic mass is 79.9. The lowest BCUT2D eigenvalue weighted by Gasteiger charge is -2.29. The van der Waals surface area contributed by atoms with Crippen LogP contribution in [0.1, 0.15) is 83.4 Å². The lowest BCUT2D eigenvalue weighted by molar-refractivity contribution is -0.125. The van der Waals surface area contributed by atoms with Gasteiger partial charge in [-0.05, 0) is 97.1 Å². The summed E-state index contributed by atoms with van der Waals surface area (Å²) in [7, 11) is 0. The summed E-state index contributed by atoms with van der Waals surface area (Å²) in [6.07, 6.45) is 3.27. The monoisotopic (exact) mass is 573 g/mol. The minimum absolute atomic E-state index is 0.149. The molecule has 0 aliphatic carbocycles. The molecule has 1 aromatic carbocycles. The van der Waals surface area contributed by atoms with Crippen LogP contribution in [0.4, 0.5) is 9.18 Å². The smallest absolute Gasteiger partial charge is 0.410 e. The van der Waals surface area contributed by atoms with Crippen LogP contribution in [0, 0.1) is 22.6 Å². The average molecular weight is 575 g/mol. The number of carbonyl (C=O) groups excluding carboxylic acids is 2. The van der Waals surface area contributed by atoms with Crippen LogP contribution in [-0.4, -0.2) is 35.6 Å². The number of amides is 2. The van der Waals surface area contributed by atoms with Crippen molar-refractivity contribution in [1.82, 2.24) is 10.2 Å². The Hall–Kier alpha value is -2.66. The van der Waals surface area contributed by atoms with E-state index in [1.54, 1.807) is 4.90 Å². The number of rotatable bonds is 8. The van der Waals surface area contributed by atoms with Gasteiger partial charge in [-0.2, -0.15) is 5.26 Å². The molecule has 0 bridgehead atoms. The van der Waals surface area contributed by atoms with Gasteiger partial charge in [0.15, 0.2) is 0 Å². The maximum Gasteiger partial charge on any atom is 0.410 e. The van der Waals surface area contributed by atoms with Crippen LogP contribution in [-0.2, 0) is 22.4 Å². The van der Waals surface area contributed by atoms with E-state index in [1.165, 1.54) is 0 Å². The van der Waals surface area contributed by atoms with Crippen LogP contribution in [0.5, 0.6) is 0 Å². The number of halogens is 2. The lowest BCUT2D eigenvalue weighted by atomic mass is 9.74. The second kappa shape index (κ2) is 11.4. The number of carbonyl (C=O) groups is 2. The molecule has 1 spiro atoms. The SMILES string of the molecule is C=C(CC)C1=C(c2cc(CCCC#N)c(Br)c(F)c2CCC)C2(CCN(C(=O)OC(C)(C)C)C2)C(=O)N1. The first-order chi connectivity index (χ1) is 17.4. The highest BCUT2D eigenvalue weighted by molar-refractivity contribution is 9.10. The lowest BCUT2D eigenvalue weighted by Crippen LogP contribution is -2.40. The van der Waals surface area contributed by atoms with Crippen LogP contribution in [0.15, 0.2) is 28.4 Å². The summed E-state index contributed by atoms with van der Waals surface area (Å²) in [5.41, 5.74) is 2.39. The van der Waals surface area contributed by atoms with Gasteiger partial charge >= 0.3 is 6.09 Å². The number of ether oxygens (including phenoxy) is 1. The molecule has 1 unspecified atom stereocenters. The van der Waals surface area contributed by atoms with Gasteiger partial charge in [0.1, 0.15) is 11.4 Å². The van der Waals surface area contributed by atoms with Crippen molar-refractivity contribution in [3.8, 4) is 6.07 Å². The van der Waals surface area contributed by atoms with Gasteiger partial charge in [-0.3, -0.25) is 4.79 Å². The van der Waals surface area contributed by atoms with E-state index < -0.39 is 17.1 Å². The normalized spacial score (nSPS) is 19.4. The van der Waals surface area contributed by atoms with Crippen molar-refractivity contribution in [3.05, 3.63) is 50.9 Å². The predicted molar refractivity (Wildman–Crippen MR) is 146 cm³/mol. The molecule has 6 nitrogen and oxygen atoms in total. The molecule has 1 N–H and O–H groups in total. The highest BCUT2D eigenvalue weighted by Crippen LogP contribution is 2.51. The van der Waals surface area contributed by atoms with Crippen molar-refractivity contribution < 1.29 is 18.7 Å². The van der Waals surface area contributed by atoms with Crippen molar-refractivity contribution in [2.24, 2.45) is 5.41 Å². The Morgan fingerprint density at radius 2 is 2.05 bits per heavy atom. The first-order valence-electron chi connectivity index (χ1n) is 13.0. The van der Waals surface area contributed by atoms with Gasteiger partial charge in [-0.15, -0.1) is 0 Å². The first-order valence-corrected chi connectivity index (χ1v) is 13.8. The van der Waals surface area contributed by atoms with E-state index in [9.17, 15) is 9.59 Å². The molecule has 8 heteroatoms. The van der Waals surface area contributed by atoms with Crippen LogP contribution >= 0.6 is 15.9 Å². The average Bonchev–Trinajstić information content (AvgIpc) is 3.40. The zero-order chi connectivity index (χ0) is 27.5. The van der Waals surface area contributed by atoms with Crippen molar-refractivity contribution in [1.29, 1.82) is 5.26 Å². The number of aryl methyl sites for hydroxylation is 1. The van der Waals surface area contributed by atoms with Gasteiger partial charge in [0.25, 0.3) is 0 Å². The molecule has 200 valence electrons. The maximum absolute atomic E-state index is 15.9. The molecular formula is C29H37BrFN3O3. The standard InChI is InChI=1S/C29H37BrFN3O3/c1-7-11-20-21(16-19(12-9-10-14-32)23(30)24(20)31)22-25(18(3)8-2)33-26(35)29(22)13-15-34(17-29)27(36)37-28(4,5)6/h16H,3,7-13,15,17H2,1-2,4-6H3,(H,33,35). The number of nitrogens with zero attached hydrogens (tertiary/aromatic N) is 2. The molecule has 3 rings (SSSR count). The summed E-state index contributed by atoms with van der Waals surface area (Å²) < 4.78 is 21.9. The van der Waals surface area contributed by atoms with Crippen LogP contribution in [0.2, 0.25) is 0 Å². The number of hydrogen-bond donors (Lipinski definition) is 1. The van der Waals surface area contributed by atoms with Gasteiger partial charge < -0.3 is 15.0 Å². The minimum Gasteiger partial charge on any atom is -0.444 e. The quantitative estimate of drug-likeness (QED) is 0.346. The molecule has 1 saturated heterocycles. The fourth-order valence-electron chi connectivity index (χ4n) is 5.14. The molecule has 0 radical (unpaired) electrons.